The monoisotopic (exact) mass is 275 g/mol. The highest BCUT2D eigenvalue weighted by Crippen LogP contribution is 2.31. The first-order chi connectivity index (χ1) is 6.97. The molecule has 0 heterocycles. The fraction of sp³-hybridized carbons (Fsp3) is 0.455. The van der Waals surface area contributed by atoms with Gasteiger partial charge >= 0.3 is 0 Å². The van der Waals surface area contributed by atoms with Gasteiger partial charge in [-0.25, -0.2) is 4.39 Å². The molecule has 0 bridgehead atoms. The normalized spacial score (nSPS) is 12.7. The number of rotatable bonds is 3. The van der Waals surface area contributed by atoms with Gasteiger partial charge in [-0.1, -0.05) is 0 Å². The van der Waals surface area contributed by atoms with Crippen molar-refractivity contribution in [3.8, 4) is 5.75 Å². The van der Waals surface area contributed by atoms with Crippen LogP contribution in [0, 0.1) is 12.7 Å². The summed E-state index contributed by atoms with van der Waals surface area (Å²) in [4.78, 5) is 0. The molecule has 0 saturated heterocycles. The maximum atomic E-state index is 13.5. The zero-order valence-corrected chi connectivity index (χ0v) is 10.7. The summed E-state index contributed by atoms with van der Waals surface area (Å²) in [6, 6.07) is 1.75. The second kappa shape index (κ2) is 4.94. The molecule has 1 rings (SSSR count). The van der Waals surface area contributed by atoms with E-state index >= 15 is 0 Å². The molecule has 0 amide bonds. The summed E-state index contributed by atoms with van der Waals surface area (Å²) < 4.78 is 19.2. The van der Waals surface area contributed by atoms with E-state index in [-0.39, 0.29) is 11.9 Å². The molecule has 4 heteroatoms. The first-order valence-electron chi connectivity index (χ1n) is 4.74. The van der Waals surface area contributed by atoms with Crippen LogP contribution in [-0.2, 0) is 6.42 Å². The topological polar surface area (TPSA) is 35.2 Å². The number of methoxy groups -OCH3 is 1. The van der Waals surface area contributed by atoms with Gasteiger partial charge in [0.25, 0.3) is 0 Å². The smallest absolute Gasteiger partial charge is 0.143 e. The second-order valence-electron chi connectivity index (χ2n) is 3.67. The van der Waals surface area contributed by atoms with Gasteiger partial charge in [-0.2, -0.15) is 0 Å². The van der Waals surface area contributed by atoms with E-state index < -0.39 is 0 Å². The van der Waals surface area contributed by atoms with Crippen LogP contribution in [-0.4, -0.2) is 13.2 Å². The molecular formula is C11H15BrFNO. The lowest BCUT2D eigenvalue weighted by molar-refractivity contribution is 0.400. The first-order valence-corrected chi connectivity index (χ1v) is 5.53. The maximum absolute atomic E-state index is 13.5. The minimum Gasteiger partial charge on any atom is -0.496 e. The van der Waals surface area contributed by atoms with E-state index in [0.717, 1.165) is 5.56 Å². The molecule has 0 aliphatic carbocycles. The van der Waals surface area contributed by atoms with E-state index in [4.69, 9.17) is 10.5 Å². The maximum Gasteiger partial charge on any atom is 0.143 e. The summed E-state index contributed by atoms with van der Waals surface area (Å²) in [5, 5.41) is 0. The standard InChI is InChI=1S/C11H15BrFNO/c1-6(14)4-8-5-9(12)10(13)7(2)11(8)15-3/h5-6H,4,14H2,1-3H3. The Bertz CT molecular complexity index is 366. The van der Waals surface area contributed by atoms with Crippen molar-refractivity contribution in [1.82, 2.24) is 0 Å². The fourth-order valence-corrected chi connectivity index (χ4v) is 2.16. The summed E-state index contributed by atoms with van der Waals surface area (Å²) in [6.45, 7) is 3.61. The Balaban J connectivity index is 3.25. The average molecular weight is 276 g/mol. The van der Waals surface area contributed by atoms with Crippen LogP contribution in [0.3, 0.4) is 0 Å². The molecule has 0 fully saturated rings. The van der Waals surface area contributed by atoms with Crippen molar-refractivity contribution in [3.63, 3.8) is 0 Å². The van der Waals surface area contributed by atoms with E-state index in [1.165, 1.54) is 0 Å². The highest BCUT2D eigenvalue weighted by Gasteiger charge is 2.15. The molecular weight excluding hydrogens is 261 g/mol. The van der Waals surface area contributed by atoms with Crippen LogP contribution in [0.4, 0.5) is 4.39 Å². The summed E-state index contributed by atoms with van der Waals surface area (Å²) >= 11 is 3.18. The second-order valence-corrected chi connectivity index (χ2v) is 4.53. The van der Waals surface area contributed by atoms with Crippen molar-refractivity contribution in [2.75, 3.05) is 7.11 Å². The molecule has 0 aliphatic heterocycles. The summed E-state index contributed by atoms with van der Waals surface area (Å²) in [5.74, 6) is 0.313. The number of hydrogen-bond donors (Lipinski definition) is 1. The van der Waals surface area contributed by atoms with Crippen molar-refractivity contribution in [2.45, 2.75) is 26.3 Å². The van der Waals surface area contributed by atoms with Crippen LogP contribution in [0.1, 0.15) is 18.1 Å². The lowest BCUT2D eigenvalue weighted by Crippen LogP contribution is -2.18. The highest BCUT2D eigenvalue weighted by molar-refractivity contribution is 9.10. The van der Waals surface area contributed by atoms with E-state index in [1.54, 1.807) is 20.1 Å². The van der Waals surface area contributed by atoms with Crippen LogP contribution in [0.5, 0.6) is 5.75 Å². The van der Waals surface area contributed by atoms with E-state index in [0.29, 0.717) is 22.2 Å². The molecule has 2 nitrogen and oxygen atoms in total. The molecule has 2 N–H and O–H groups in total. The van der Waals surface area contributed by atoms with Crippen LogP contribution in [0.25, 0.3) is 0 Å². The van der Waals surface area contributed by atoms with E-state index in [9.17, 15) is 4.39 Å². The van der Waals surface area contributed by atoms with Gasteiger partial charge in [0.2, 0.25) is 0 Å². The number of benzene rings is 1. The number of nitrogens with two attached hydrogens (primary N) is 1. The predicted octanol–water partition coefficient (Wildman–Crippen LogP) is 2.79. The Morgan fingerprint density at radius 1 is 1.60 bits per heavy atom. The number of halogens is 2. The SMILES string of the molecule is COc1c(CC(C)N)cc(Br)c(F)c1C. The van der Waals surface area contributed by atoms with Gasteiger partial charge in [0.05, 0.1) is 11.6 Å². The Kier molecular flexibility index (Phi) is 4.11. The van der Waals surface area contributed by atoms with Gasteiger partial charge in [-0.05, 0) is 47.8 Å². The van der Waals surface area contributed by atoms with Crippen molar-refractivity contribution in [1.29, 1.82) is 0 Å². The zero-order chi connectivity index (χ0) is 11.6. The van der Waals surface area contributed by atoms with Gasteiger partial charge < -0.3 is 10.5 Å². The largest absolute Gasteiger partial charge is 0.496 e. The molecule has 1 aromatic rings. The molecule has 0 aliphatic rings. The Labute approximate surface area is 97.7 Å². The van der Waals surface area contributed by atoms with Gasteiger partial charge in [0.1, 0.15) is 11.6 Å². The molecule has 0 radical (unpaired) electrons. The molecule has 0 saturated carbocycles. The molecule has 84 valence electrons. The lowest BCUT2D eigenvalue weighted by atomic mass is 10.0. The molecule has 1 unspecified atom stereocenters. The third-order valence-electron chi connectivity index (χ3n) is 2.22. The van der Waals surface area contributed by atoms with Crippen molar-refractivity contribution < 1.29 is 9.13 Å². The summed E-state index contributed by atoms with van der Waals surface area (Å²) in [7, 11) is 1.54. The molecule has 15 heavy (non-hydrogen) atoms. The Morgan fingerprint density at radius 2 is 2.20 bits per heavy atom. The minimum absolute atomic E-state index is 0.0238. The fourth-order valence-electron chi connectivity index (χ4n) is 1.58. The average Bonchev–Trinajstić information content (AvgIpc) is 2.14. The summed E-state index contributed by atoms with van der Waals surface area (Å²) in [6.07, 6.45) is 0.670. The minimum atomic E-state index is -0.278. The van der Waals surface area contributed by atoms with Crippen molar-refractivity contribution >= 4 is 15.9 Å². The van der Waals surface area contributed by atoms with Gasteiger partial charge in [-0.15, -0.1) is 0 Å². The van der Waals surface area contributed by atoms with Gasteiger partial charge in [-0.3, -0.25) is 0 Å². The van der Waals surface area contributed by atoms with Crippen LogP contribution >= 0.6 is 15.9 Å². The van der Waals surface area contributed by atoms with Crippen molar-refractivity contribution in [2.24, 2.45) is 5.73 Å². The first kappa shape index (κ1) is 12.5. The molecule has 1 aromatic carbocycles. The van der Waals surface area contributed by atoms with Crippen molar-refractivity contribution in [3.05, 3.63) is 27.5 Å². The van der Waals surface area contributed by atoms with E-state index in [1.807, 2.05) is 6.92 Å². The van der Waals surface area contributed by atoms with Gasteiger partial charge in [0.15, 0.2) is 0 Å². The molecule has 1 atom stereocenters. The molecule has 0 spiro atoms. The van der Waals surface area contributed by atoms with E-state index in [2.05, 4.69) is 15.9 Å². The van der Waals surface area contributed by atoms with Gasteiger partial charge in [0, 0.05) is 11.6 Å². The quantitative estimate of drug-likeness (QED) is 0.921. The third kappa shape index (κ3) is 2.69. The van der Waals surface area contributed by atoms with Crippen LogP contribution in [0.2, 0.25) is 0 Å². The predicted molar refractivity (Wildman–Crippen MR) is 62.7 cm³/mol. The summed E-state index contributed by atoms with van der Waals surface area (Å²) in [5.41, 5.74) is 7.17. The zero-order valence-electron chi connectivity index (χ0n) is 9.10. The van der Waals surface area contributed by atoms with Crippen LogP contribution < -0.4 is 10.5 Å². The Hall–Kier alpha value is -0.610. The van der Waals surface area contributed by atoms with Crippen LogP contribution in [0.15, 0.2) is 10.5 Å². The number of ether oxygens (including phenoxy) is 1. The Morgan fingerprint density at radius 3 is 2.67 bits per heavy atom. The molecule has 0 aromatic heterocycles. The lowest BCUT2D eigenvalue weighted by Gasteiger charge is -2.14. The number of hydrogen-bond acceptors (Lipinski definition) is 2. The highest BCUT2D eigenvalue weighted by atomic mass is 79.9. The third-order valence-corrected chi connectivity index (χ3v) is 2.80.